The molecule has 0 aromatic carbocycles. The molecule has 4 heteroatoms. The van der Waals surface area contributed by atoms with Gasteiger partial charge in [-0.15, -0.1) is 0 Å². The predicted octanol–water partition coefficient (Wildman–Crippen LogP) is 0.914. The van der Waals surface area contributed by atoms with E-state index in [1.165, 1.54) is 13.1 Å². The molecule has 72 valence electrons. The second-order valence-corrected chi connectivity index (χ2v) is 2.92. The molecule has 0 saturated carbocycles. The van der Waals surface area contributed by atoms with E-state index in [4.69, 9.17) is 5.26 Å². The molecule has 0 atom stereocenters. The summed E-state index contributed by atoms with van der Waals surface area (Å²) in [6.45, 7) is 5.12. The number of hydrogen-bond acceptors (Lipinski definition) is 3. The minimum atomic E-state index is -0.492. The van der Waals surface area contributed by atoms with Crippen LogP contribution in [-0.2, 0) is 7.05 Å². The molecule has 0 bridgehead atoms. The maximum atomic E-state index is 11.5. The van der Waals surface area contributed by atoms with E-state index in [0.717, 1.165) is 4.57 Å². The summed E-state index contributed by atoms with van der Waals surface area (Å²) >= 11 is 0. The first kappa shape index (κ1) is 10.1. The highest BCUT2D eigenvalue weighted by Gasteiger charge is 2.14. The van der Waals surface area contributed by atoms with Crippen LogP contribution in [0, 0.1) is 18.3 Å². The van der Waals surface area contributed by atoms with Crippen molar-refractivity contribution in [3.05, 3.63) is 33.6 Å². The Hall–Kier alpha value is -2.02. The molecule has 4 nitrogen and oxygen atoms in total. The van der Waals surface area contributed by atoms with Gasteiger partial charge in [-0.1, -0.05) is 12.7 Å². The van der Waals surface area contributed by atoms with Crippen LogP contribution in [0.15, 0.2) is 11.4 Å². The van der Waals surface area contributed by atoms with Crippen LogP contribution in [-0.4, -0.2) is 9.67 Å². The highest BCUT2D eigenvalue weighted by molar-refractivity contribution is 5.60. The number of aromatic hydroxyl groups is 1. The monoisotopic (exact) mass is 190 g/mol. The Morgan fingerprint density at radius 3 is 2.64 bits per heavy atom. The second-order valence-electron chi connectivity index (χ2n) is 2.92. The van der Waals surface area contributed by atoms with E-state index in [1.807, 2.05) is 6.07 Å². The van der Waals surface area contributed by atoms with Gasteiger partial charge in [0.05, 0.1) is 0 Å². The zero-order valence-corrected chi connectivity index (χ0v) is 8.03. The zero-order valence-electron chi connectivity index (χ0n) is 8.03. The number of aromatic nitrogens is 1. The minimum absolute atomic E-state index is 0.0419. The Labute approximate surface area is 81.3 Å². The Morgan fingerprint density at radius 2 is 2.21 bits per heavy atom. The molecule has 0 aliphatic carbocycles. The highest BCUT2D eigenvalue weighted by Crippen LogP contribution is 2.21. The molecule has 14 heavy (non-hydrogen) atoms. The molecule has 0 radical (unpaired) electrons. The van der Waals surface area contributed by atoms with E-state index in [0.29, 0.717) is 11.1 Å². The number of pyridine rings is 1. The third-order valence-corrected chi connectivity index (χ3v) is 2.17. The Kier molecular flexibility index (Phi) is 2.43. The lowest BCUT2D eigenvalue weighted by Gasteiger charge is -2.09. The van der Waals surface area contributed by atoms with Crippen LogP contribution in [0.1, 0.15) is 16.7 Å². The van der Waals surface area contributed by atoms with Crippen molar-refractivity contribution in [2.75, 3.05) is 0 Å². The first-order valence-electron chi connectivity index (χ1n) is 3.99. The Balaban J connectivity index is 3.85. The first-order chi connectivity index (χ1) is 6.54. The average molecular weight is 190 g/mol. The number of hydrogen-bond donors (Lipinski definition) is 1. The summed E-state index contributed by atoms with van der Waals surface area (Å²) in [4.78, 5) is 11.5. The van der Waals surface area contributed by atoms with Crippen LogP contribution in [0.4, 0.5) is 0 Å². The second kappa shape index (κ2) is 3.38. The van der Waals surface area contributed by atoms with Crippen LogP contribution in [0.3, 0.4) is 0 Å². The standard InChI is InChI=1S/C10H10N2O2/c1-4-7-6(2)8(5-11)10(14)12(3)9(7)13/h4,13H,1H2,2-3H3. The summed E-state index contributed by atoms with van der Waals surface area (Å²) in [5, 5.41) is 18.3. The fourth-order valence-electron chi connectivity index (χ4n) is 1.28. The topological polar surface area (TPSA) is 66.0 Å². The number of nitriles is 1. The van der Waals surface area contributed by atoms with Gasteiger partial charge in [-0.2, -0.15) is 5.26 Å². The van der Waals surface area contributed by atoms with Gasteiger partial charge in [0.25, 0.3) is 5.56 Å². The van der Waals surface area contributed by atoms with Gasteiger partial charge in [0, 0.05) is 12.6 Å². The van der Waals surface area contributed by atoms with Crippen LogP contribution in [0.25, 0.3) is 6.08 Å². The van der Waals surface area contributed by atoms with Crippen molar-refractivity contribution in [1.29, 1.82) is 5.26 Å². The quantitative estimate of drug-likeness (QED) is 0.715. The summed E-state index contributed by atoms with van der Waals surface area (Å²) in [5.41, 5.74) is 0.431. The molecule has 1 aromatic rings. The van der Waals surface area contributed by atoms with Gasteiger partial charge in [0.1, 0.15) is 11.6 Å². The van der Waals surface area contributed by atoms with Crippen LogP contribution >= 0.6 is 0 Å². The molecular weight excluding hydrogens is 180 g/mol. The Morgan fingerprint density at radius 1 is 1.64 bits per heavy atom. The molecule has 1 aromatic heterocycles. The van der Waals surface area contributed by atoms with Crippen LogP contribution < -0.4 is 5.56 Å². The fourth-order valence-corrected chi connectivity index (χ4v) is 1.28. The zero-order chi connectivity index (χ0) is 10.9. The smallest absolute Gasteiger partial charge is 0.271 e. The van der Waals surface area contributed by atoms with Gasteiger partial charge in [0.2, 0.25) is 5.88 Å². The van der Waals surface area contributed by atoms with Crippen molar-refractivity contribution in [2.45, 2.75) is 6.92 Å². The van der Waals surface area contributed by atoms with Crippen LogP contribution in [0.2, 0.25) is 0 Å². The fraction of sp³-hybridized carbons (Fsp3) is 0.200. The maximum Gasteiger partial charge on any atom is 0.271 e. The largest absolute Gasteiger partial charge is 0.494 e. The lowest BCUT2D eigenvalue weighted by molar-refractivity contribution is 0.421. The summed E-state index contributed by atoms with van der Waals surface area (Å²) in [6.07, 6.45) is 1.42. The number of nitrogens with zero attached hydrogens (tertiary/aromatic N) is 2. The van der Waals surface area contributed by atoms with E-state index in [-0.39, 0.29) is 11.4 Å². The summed E-state index contributed by atoms with van der Waals surface area (Å²) in [5.74, 6) is -0.165. The summed E-state index contributed by atoms with van der Waals surface area (Å²) < 4.78 is 1.03. The maximum absolute atomic E-state index is 11.5. The molecule has 0 spiro atoms. The van der Waals surface area contributed by atoms with Gasteiger partial charge in [-0.05, 0) is 12.5 Å². The van der Waals surface area contributed by atoms with E-state index < -0.39 is 5.56 Å². The van der Waals surface area contributed by atoms with Crippen molar-refractivity contribution in [3.8, 4) is 11.9 Å². The lowest BCUT2D eigenvalue weighted by Crippen LogP contribution is -2.21. The van der Waals surface area contributed by atoms with E-state index >= 15 is 0 Å². The third-order valence-electron chi connectivity index (χ3n) is 2.17. The van der Waals surface area contributed by atoms with Crippen molar-refractivity contribution in [1.82, 2.24) is 4.57 Å². The third kappa shape index (κ3) is 1.19. The molecule has 0 fully saturated rings. The molecule has 1 heterocycles. The molecule has 0 saturated heterocycles. The predicted molar refractivity (Wildman–Crippen MR) is 52.9 cm³/mol. The van der Waals surface area contributed by atoms with E-state index in [2.05, 4.69) is 6.58 Å². The van der Waals surface area contributed by atoms with E-state index in [9.17, 15) is 9.90 Å². The summed E-state index contributed by atoms with van der Waals surface area (Å²) in [7, 11) is 1.41. The molecule has 0 aliphatic heterocycles. The van der Waals surface area contributed by atoms with E-state index in [1.54, 1.807) is 6.92 Å². The van der Waals surface area contributed by atoms with Gasteiger partial charge in [-0.25, -0.2) is 0 Å². The van der Waals surface area contributed by atoms with Crippen molar-refractivity contribution >= 4 is 6.08 Å². The van der Waals surface area contributed by atoms with Crippen molar-refractivity contribution < 1.29 is 5.11 Å². The average Bonchev–Trinajstić information content (AvgIpc) is 2.16. The SMILES string of the molecule is C=Cc1c(C)c(C#N)c(=O)n(C)c1O. The molecule has 1 rings (SSSR count). The van der Waals surface area contributed by atoms with Gasteiger partial charge in [0.15, 0.2) is 0 Å². The molecule has 1 N–H and O–H groups in total. The first-order valence-corrected chi connectivity index (χ1v) is 3.99. The summed E-state index contributed by atoms with van der Waals surface area (Å²) in [6, 6.07) is 1.81. The van der Waals surface area contributed by atoms with Gasteiger partial charge >= 0.3 is 0 Å². The molecular formula is C10H10N2O2. The molecule has 0 aliphatic rings. The van der Waals surface area contributed by atoms with Crippen molar-refractivity contribution in [2.24, 2.45) is 7.05 Å². The van der Waals surface area contributed by atoms with Crippen LogP contribution in [0.5, 0.6) is 5.88 Å². The van der Waals surface area contributed by atoms with Crippen molar-refractivity contribution in [3.63, 3.8) is 0 Å². The molecule has 0 unspecified atom stereocenters. The van der Waals surface area contributed by atoms with Gasteiger partial charge < -0.3 is 5.11 Å². The Bertz CT molecular complexity index is 492. The lowest BCUT2D eigenvalue weighted by atomic mass is 10.1. The van der Waals surface area contributed by atoms with Gasteiger partial charge in [-0.3, -0.25) is 9.36 Å². The minimum Gasteiger partial charge on any atom is -0.494 e. The highest BCUT2D eigenvalue weighted by atomic mass is 16.3. The molecule has 0 amide bonds. The number of rotatable bonds is 1. The normalized spacial score (nSPS) is 9.50.